The molecule has 0 rings (SSSR count). The highest BCUT2D eigenvalue weighted by atomic mass is 32.9. The Labute approximate surface area is 74.7 Å². The molecule has 11 heavy (non-hydrogen) atoms. The standard InChI is InChI=1S/C5H13NO2P2S/c1-6-4(5(7)8)2-3-11-10-9/h4,6,10H,2-3,9H2,1H3,(H,7,8)/t4-/m1/s1. The Balaban J connectivity index is 3.44. The van der Waals surface area contributed by atoms with Crippen LogP contribution in [0.2, 0.25) is 0 Å². The van der Waals surface area contributed by atoms with Crippen LogP contribution in [0.25, 0.3) is 0 Å². The molecule has 0 spiro atoms. The van der Waals surface area contributed by atoms with Crippen LogP contribution in [0.3, 0.4) is 0 Å². The molecule has 3 atom stereocenters. The van der Waals surface area contributed by atoms with Crippen molar-refractivity contribution in [3.8, 4) is 0 Å². The van der Waals surface area contributed by atoms with Crippen LogP contribution in [0.15, 0.2) is 0 Å². The van der Waals surface area contributed by atoms with E-state index in [4.69, 9.17) is 5.11 Å². The smallest absolute Gasteiger partial charge is 0.320 e. The second-order valence-electron chi connectivity index (χ2n) is 1.93. The minimum atomic E-state index is -0.764. The number of likely N-dealkylation sites (N-methyl/N-ethyl adjacent to an activating group) is 1. The van der Waals surface area contributed by atoms with Gasteiger partial charge in [-0.25, -0.2) is 0 Å². The lowest BCUT2D eigenvalue weighted by molar-refractivity contribution is -0.139. The Morgan fingerprint density at radius 2 is 2.55 bits per heavy atom. The maximum absolute atomic E-state index is 10.5. The Morgan fingerprint density at radius 3 is 2.91 bits per heavy atom. The van der Waals surface area contributed by atoms with Gasteiger partial charge in [0.05, 0.1) is 0 Å². The second-order valence-corrected chi connectivity index (χ2v) is 6.56. The molecule has 66 valence electrons. The molecular weight excluding hydrogens is 200 g/mol. The van der Waals surface area contributed by atoms with E-state index in [1.54, 1.807) is 18.4 Å². The summed E-state index contributed by atoms with van der Waals surface area (Å²) >= 11 is 1.76. The summed E-state index contributed by atoms with van der Waals surface area (Å²) < 4.78 is 0. The van der Waals surface area contributed by atoms with E-state index in [0.29, 0.717) is 6.42 Å². The van der Waals surface area contributed by atoms with Gasteiger partial charge in [-0.2, -0.15) is 0 Å². The first kappa shape index (κ1) is 11.6. The van der Waals surface area contributed by atoms with Crippen molar-refractivity contribution in [2.24, 2.45) is 0 Å². The topological polar surface area (TPSA) is 49.3 Å². The van der Waals surface area contributed by atoms with E-state index in [0.717, 1.165) is 13.2 Å². The van der Waals surface area contributed by atoms with Gasteiger partial charge in [0.2, 0.25) is 0 Å². The largest absolute Gasteiger partial charge is 0.480 e. The fourth-order valence-electron chi connectivity index (χ4n) is 0.627. The normalized spacial score (nSPS) is 14.0. The molecule has 0 saturated carbocycles. The average Bonchev–Trinajstić information content (AvgIpc) is 1.97. The highest BCUT2D eigenvalue weighted by molar-refractivity contribution is 8.64. The molecule has 2 unspecified atom stereocenters. The minimum Gasteiger partial charge on any atom is -0.480 e. The summed E-state index contributed by atoms with van der Waals surface area (Å²) in [7, 11) is 5.06. The van der Waals surface area contributed by atoms with Gasteiger partial charge in [-0.1, -0.05) is 0 Å². The monoisotopic (exact) mass is 213 g/mol. The molecule has 0 amide bonds. The third kappa shape index (κ3) is 5.86. The Kier molecular flexibility index (Phi) is 7.72. The van der Waals surface area contributed by atoms with Gasteiger partial charge in [0, 0.05) is 0 Å². The number of aliphatic carboxylic acids is 1. The van der Waals surface area contributed by atoms with E-state index in [9.17, 15) is 4.79 Å². The minimum absolute atomic E-state index is 0.385. The Hall–Kier alpha value is 0.640. The number of rotatable bonds is 6. The van der Waals surface area contributed by atoms with Gasteiger partial charge >= 0.3 is 5.97 Å². The number of carboxylic acid groups (broad SMARTS) is 1. The van der Waals surface area contributed by atoms with Gasteiger partial charge < -0.3 is 10.4 Å². The van der Waals surface area contributed by atoms with Crippen molar-refractivity contribution >= 4 is 33.8 Å². The fourth-order valence-corrected chi connectivity index (χ4v) is 2.87. The molecular formula is C5H13NO2P2S. The summed E-state index contributed by atoms with van der Waals surface area (Å²) in [5.41, 5.74) is 0. The molecule has 6 heteroatoms. The van der Waals surface area contributed by atoms with Gasteiger partial charge in [0.1, 0.15) is 6.04 Å². The maximum Gasteiger partial charge on any atom is 0.320 e. The zero-order valence-electron chi connectivity index (χ0n) is 6.33. The maximum atomic E-state index is 10.5. The summed E-state index contributed by atoms with van der Waals surface area (Å²) in [4.78, 5) is 10.5. The van der Waals surface area contributed by atoms with Crippen LogP contribution in [0, 0.1) is 0 Å². The molecule has 0 fully saturated rings. The zero-order valence-corrected chi connectivity index (χ0v) is 9.30. The van der Waals surface area contributed by atoms with Crippen molar-refractivity contribution in [3.63, 3.8) is 0 Å². The summed E-state index contributed by atoms with van der Waals surface area (Å²) in [6.45, 7) is 0. The van der Waals surface area contributed by atoms with Gasteiger partial charge in [-0.05, 0) is 26.7 Å². The lowest BCUT2D eigenvalue weighted by atomic mass is 10.2. The lowest BCUT2D eigenvalue weighted by Gasteiger charge is -2.09. The SMILES string of the molecule is CN[C@H](CCSPP)C(=O)O. The molecule has 0 heterocycles. The third-order valence-electron chi connectivity index (χ3n) is 1.24. The molecule has 0 aliphatic rings. The molecule has 0 bridgehead atoms. The van der Waals surface area contributed by atoms with Crippen LogP contribution in [0.5, 0.6) is 0 Å². The van der Waals surface area contributed by atoms with Gasteiger partial charge in [0.25, 0.3) is 0 Å². The molecule has 0 aromatic rings. The zero-order chi connectivity index (χ0) is 8.69. The summed E-state index contributed by atoms with van der Waals surface area (Å²) in [5, 5.41) is 11.3. The Morgan fingerprint density at radius 1 is 1.91 bits per heavy atom. The van der Waals surface area contributed by atoms with Crippen LogP contribution in [-0.4, -0.2) is 29.9 Å². The van der Waals surface area contributed by atoms with Crippen molar-refractivity contribution in [2.75, 3.05) is 12.8 Å². The van der Waals surface area contributed by atoms with Crippen molar-refractivity contribution in [3.05, 3.63) is 0 Å². The third-order valence-corrected chi connectivity index (χ3v) is 4.46. The molecule has 0 radical (unpaired) electrons. The van der Waals surface area contributed by atoms with Gasteiger partial charge in [-0.15, -0.1) is 20.3 Å². The molecule has 0 aromatic heterocycles. The summed E-state index contributed by atoms with van der Waals surface area (Å²) in [5.74, 6) is 0.139. The number of nitrogens with one attached hydrogen (secondary N) is 1. The predicted octanol–water partition coefficient (Wildman–Crippen LogP) is 1.17. The first-order valence-electron chi connectivity index (χ1n) is 3.19. The molecule has 3 nitrogen and oxygen atoms in total. The van der Waals surface area contributed by atoms with Crippen LogP contribution >= 0.6 is 27.8 Å². The van der Waals surface area contributed by atoms with Crippen molar-refractivity contribution in [2.45, 2.75) is 12.5 Å². The van der Waals surface area contributed by atoms with Crippen LogP contribution in [0.4, 0.5) is 0 Å². The van der Waals surface area contributed by atoms with Crippen LogP contribution in [-0.2, 0) is 4.79 Å². The van der Waals surface area contributed by atoms with E-state index in [2.05, 4.69) is 14.2 Å². The Bertz CT molecular complexity index is 125. The first-order valence-corrected chi connectivity index (χ1v) is 7.71. The average molecular weight is 213 g/mol. The van der Waals surface area contributed by atoms with E-state index < -0.39 is 5.97 Å². The number of carboxylic acids is 1. The number of hydrogen-bond donors (Lipinski definition) is 2. The summed E-state index contributed by atoms with van der Waals surface area (Å²) in [6, 6.07) is -0.385. The lowest BCUT2D eigenvalue weighted by Crippen LogP contribution is -2.34. The number of carbonyl (C=O) groups is 1. The highest BCUT2D eigenvalue weighted by Crippen LogP contribution is 2.36. The second kappa shape index (κ2) is 7.30. The molecule has 0 aliphatic carbocycles. The quantitative estimate of drug-likeness (QED) is 0.513. The molecule has 0 aliphatic heterocycles. The molecule has 0 aromatic carbocycles. The van der Waals surface area contributed by atoms with Gasteiger partial charge in [-0.3, -0.25) is 4.79 Å². The van der Waals surface area contributed by atoms with Crippen LogP contribution in [0.1, 0.15) is 6.42 Å². The molecule has 2 N–H and O–H groups in total. The fraction of sp³-hybridized carbons (Fsp3) is 0.800. The van der Waals surface area contributed by atoms with E-state index >= 15 is 0 Å². The first-order chi connectivity index (χ1) is 5.22. The van der Waals surface area contributed by atoms with Gasteiger partial charge in [0.15, 0.2) is 0 Å². The number of hydrogen-bond acceptors (Lipinski definition) is 3. The van der Waals surface area contributed by atoms with E-state index in [1.807, 2.05) is 0 Å². The summed E-state index contributed by atoms with van der Waals surface area (Å²) in [6.07, 6.45) is 0.692. The van der Waals surface area contributed by atoms with Crippen LogP contribution < -0.4 is 5.32 Å². The molecule has 0 saturated heterocycles. The van der Waals surface area contributed by atoms with Crippen molar-refractivity contribution < 1.29 is 9.90 Å². The van der Waals surface area contributed by atoms with E-state index in [1.165, 1.54) is 0 Å². The highest BCUT2D eigenvalue weighted by Gasteiger charge is 2.13. The predicted molar refractivity (Wildman–Crippen MR) is 55.6 cm³/mol. The van der Waals surface area contributed by atoms with E-state index in [-0.39, 0.29) is 6.04 Å². The van der Waals surface area contributed by atoms with Crippen molar-refractivity contribution in [1.29, 1.82) is 0 Å². The van der Waals surface area contributed by atoms with Crippen molar-refractivity contribution in [1.82, 2.24) is 5.32 Å².